The Balaban J connectivity index is 1.69. The molecular formula is C23H18FNO. The van der Waals surface area contributed by atoms with Crippen LogP contribution in [0, 0.1) is 24.1 Å². The van der Waals surface area contributed by atoms with Crippen LogP contribution in [0.15, 0.2) is 72.8 Å². The predicted molar refractivity (Wildman–Crippen MR) is 102 cm³/mol. The minimum absolute atomic E-state index is 0.258. The van der Waals surface area contributed by atoms with Crippen LogP contribution in [0.2, 0.25) is 0 Å². The fourth-order valence-electron chi connectivity index (χ4n) is 2.49. The van der Waals surface area contributed by atoms with Crippen molar-refractivity contribution in [2.24, 2.45) is 0 Å². The van der Waals surface area contributed by atoms with E-state index >= 15 is 0 Å². The summed E-state index contributed by atoms with van der Waals surface area (Å²) in [6, 6.07) is 23.9. The van der Waals surface area contributed by atoms with Crippen LogP contribution in [0.5, 0.6) is 5.75 Å². The van der Waals surface area contributed by atoms with Gasteiger partial charge in [0.25, 0.3) is 0 Å². The van der Waals surface area contributed by atoms with Gasteiger partial charge in [0.05, 0.1) is 11.6 Å². The van der Waals surface area contributed by atoms with E-state index in [2.05, 4.69) is 6.07 Å². The molecule has 0 aliphatic heterocycles. The van der Waals surface area contributed by atoms with Crippen LogP contribution < -0.4 is 4.74 Å². The van der Waals surface area contributed by atoms with Gasteiger partial charge in [0, 0.05) is 0 Å². The van der Waals surface area contributed by atoms with E-state index in [4.69, 9.17) is 4.74 Å². The van der Waals surface area contributed by atoms with E-state index in [-0.39, 0.29) is 5.82 Å². The molecule has 0 spiro atoms. The molecule has 3 aromatic rings. The number of ether oxygens (including phenoxy) is 1. The number of nitriles is 1. The van der Waals surface area contributed by atoms with E-state index in [0.29, 0.717) is 12.2 Å². The third kappa shape index (κ3) is 4.58. The molecule has 0 N–H and O–H groups in total. The van der Waals surface area contributed by atoms with Crippen LogP contribution in [0.25, 0.3) is 11.6 Å². The van der Waals surface area contributed by atoms with Gasteiger partial charge in [0.2, 0.25) is 0 Å². The number of rotatable bonds is 5. The maximum atomic E-state index is 12.9. The number of halogens is 1. The molecule has 3 rings (SSSR count). The fraction of sp³-hybridized carbons (Fsp3) is 0.0870. The molecule has 2 nitrogen and oxygen atoms in total. The molecule has 0 unspecified atom stereocenters. The molecule has 3 aromatic carbocycles. The first-order chi connectivity index (χ1) is 12.6. The molecule has 0 fully saturated rings. The summed E-state index contributed by atoms with van der Waals surface area (Å²) in [6.07, 6.45) is 1.86. The zero-order valence-corrected chi connectivity index (χ0v) is 14.4. The molecule has 0 aromatic heterocycles. The minimum Gasteiger partial charge on any atom is -0.489 e. The number of hydrogen-bond acceptors (Lipinski definition) is 2. The van der Waals surface area contributed by atoms with E-state index in [9.17, 15) is 9.65 Å². The molecule has 0 amide bonds. The third-order valence-corrected chi connectivity index (χ3v) is 3.99. The summed E-state index contributed by atoms with van der Waals surface area (Å²) in [5.74, 6) is 0.465. The van der Waals surface area contributed by atoms with Gasteiger partial charge >= 0.3 is 0 Å². The van der Waals surface area contributed by atoms with Gasteiger partial charge in [-0.05, 0) is 54.0 Å². The smallest absolute Gasteiger partial charge is 0.123 e. The topological polar surface area (TPSA) is 33.0 Å². The highest BCUT2D eigenvalue weighted by molar-refractivity contribution is 5.89. The Morgan fingerprint density at radius 3 is 2.23 bits per heavy atom. The molecule has 3 heteroatoms. The SMILES string of the molecule is Cc1ccc(/C(C#N)=C/c2ccc(OCc3ccc(F)cc3)cc2)cc1. The molecule has 128 valence electrons. The number of allylic oxidation sites excluding steroid dienone is 1. The Labute approximate surface area is 152 Å². The van der Waals surface area contributed by atoms with Crippen LogP contribution in [0.3, 0.4) is 0 Å². The highest BCUT2D eigenvalue weighted by Gasteiger charge is 2.02. The van der Waals surface area contributed by atoms with Gasteiger partial charge < -0.3 is 4.74 Å². The Bertz CT molecular complexity index is 933. The summed E-state index contributed by atoms with van der Waals surface area (Å²) in [7, 11) is 0. The van der Waals surface area contributed by atoms with Gasteiger partial charge in [-0.15, -0.1) is 0 Å². The largest absolute Gasteiger partial charge is 0.489 e. The molecule has 0 aliphatic rings. The predicted octanol–water partition coefficient (Wildman–Crippen LogP) is 5.78. The zero-order chi connectivity index (χ0) is 18.4. The summed E-state index contributed by atoms with van der Waals surface area (Å²) >= 11 is 0. The Morgan fingerprint density at radius 2 is 1.62 bits per heavy atom. The quantitative estimate of drug-likeness (QED) is 0.435. The Kier molecular flexibility index (Phi) is 5.46. The van der Waals surface area contributed by atoms with Crippen LogP contribution in [0.1, 0.15) is 22.3 Å². The number of nitrogens with zero attached hydrogens (tertiary/aromatic N) is 1. The van der Waals surface area contributed by atoms with Gasteiger partial charge in [-0.2, -0.15) is 5.26 Å². The van der Waals surface area contributed by atoms with Crippen molar-refractivity contribution in [3.63, 3.8) is 0 Å². The molecular weight excluding hydrogens is 325 g/mol. The monoisotopic (exact) mass is 343 g/mol. The first-order valence-electron chi connectivity index (χ1n) is 8.30. The first kappa shape index (κ1) is 17.4. The second-order valence-corrected chi connectivity index (χ2v) is 6.02. The number of hydrogen-bond donors (Lipinski definition) is 0. The average Bonchev–Trinajstić information content (AvgIpc) is 2.67. The maximum Gasteiger partial charge on any atom is 0.123 e. The lowest BCUT2D eigenvalue weighted by molar-refractivity contribution is 0.306. The minimum atomic E-state index is -0.258. The summed E-state index contributed by atoms with van der Waals surface area (Å²) in [5, 5.41) is 9.42. The molecule has 26 heavy (non-hydrogen) atoms. The van der Waals surface area contributed by atoms with Gasteiger partial charge in [-0.3, -0.25) is 0 Å². The van der Waals surface area contributed by atoms with Gasteiger partial charge in [0.1, 0.15) is 18.2 Å². The van der Waals surface area contributed by atoms with Gasteiger partial charge in [-0.1, -0.05) is 54.1 Å². The molecule has 0 radical (unpaired) electrons. The van der Waals surface area contributed by atoms with E-state index in [1.807, 2.05) is 61.5 Å². The lowest BCUT2D eigenvalue weighted by Crippen LogP contribution is -1.95. The van der Waals surface area contributed by atoms with E-state index in [0.717, 1.165) is 28.0 Å². The number of benzene rings is 3. The molecule has 0 aliphatic carbocycles. The second-order valence-electron chi connectivity index (χ2n) is 6.02. The normalized spacial score (nSPS) is 11.0. The Hall–Kier alpha value is -3.38. The standard InChI is InChI=1S/C23H18FNO/c1-17-2-8-20(9-3-17)21(15-25)14-18-6-12-23(13-7-18)26-16-19-4-10-22(24)11-5-19/h2-14H,16H2,1H3/b21-14+. The number of aryl methyl sites for hydroxylation is 1. The van der Waals surface area contributed by atoms with Crippen LogP contribution >= 0.6 is 0 Å². The van der Waals surface area contributed by atoms with Crippen molar-refractivity contribution in [1.29, 1.82) is 5.26 Å². The van der Waals surface area contributed by atoms with Crippen LogP contribution in [0.4, 0.5) is 4.39 Å². The Morgan fingerprint density at radius 1 is 0.962 bits per heavy atom. The van der Waals surface area contributed by atoms with Crippen molar-refractivity contribution in [2.45, 2.75) is 13.5 Å². The highest BCUT2D eigenvalue weighted by atomic mass is 19.1. The fourth-order valence-corrected chi connectivity index (χ4v) is 2.49. The maximum absolute atomic E-state index is 12.9. The highest BCUT2D eigenvalue weighted by Crippen LogP contribution is 2.20. The van der Waals surface area contributed by atoms with E-state index in [1.165, 1.54) is 12.1 Å². The summed E-state index contributed by atoms with van der Waals surface area (Å²) in [6.45, 7) is 2.40. The van der Waals surface area contributed by atoms with E-state index < -0.39 is 0 Å². The van der Waals surface area contributed by atoms with Crippen molar-refractivity contribution in [1.82, 2.24) is 0 Å². The molecule has 0 bridgehead atoms. The van der Waals surface area contributed by atoms with Crippen LogP contribution in [-0.2, 0) is 6.61 Å². The van der Waals surface area contributed by atoms with Crippen LogP contribution in [-0.4, -0.2) is 0 Å². The lowest BCUT2D eigenvalue weighted by Gasteiger charge is -2.07. The zero-order valence-electron chi connectivity index (χ0n) is 14.4. The molecule has 0 heterocycles. The molecule has 0 saturated carbocycles. The van der Waals surface area contributed by atoms with Crippen molar-refractivity contribution in [3.05, 3.63) is 101 Å². The summed E-state index contributed by atoms with van der Waals surface area (Å²) in [5.41, 5.74) is 4.51. The molecule has 0 saturated heterocycles. The van der Waals surface area contributed by atoms with Gasteiger partial charge in [0.15, 0.2) is 0 Å². The van der Waals surface area contributed by atoms with Gasteiger partial charge in [-0.25, -0.2) is 4.39 Å². The van der Waals surface area contributed by atoms with Crippen molar-refractivity contribution in [3.8, 4) is 11.8 Å². The lowest BCUT2D eigenvalue weighted by atomic mass is 10.0. The summed E-state index contributed by atoms with van der Waals surface area (Å²) < 4.78 is 18.6. The van der Waals surface area contributed by atoms with Crippen molar-refractivity contribution < 1.29 is 9.13 Å². The molecule has 0 atom stereocenters. The first-order valence-corrected chi connectivity index (χ1v) is 8.30. The van der Waals surface area contributed by atoms with E-state index in [1.54, 1.807) is 12.1 Å². The summed E-state index contributed by atoms with van der Waals surface area (Å²) in [4.78, 5) is 0. The average molecular weight is 343 g/mol. The second kappa shape index (κ2) is 8.13. The van der Waals surface area contributed by atoms with Crippen molar-refractivity contribution in [2.75, 3.05) is 0 Å². The third-order valence-electron chi connectivity index (χ3n) is 3.99. The van der Waals surface area contributed by atoms with Crippen molar-refractivity contribution >= 4 is 11.6 Å².